The predicted octanol–water partition coefficient (Wildman–Crippen LogP) is 12.8. The fraction of sp³-hybridized carbons (Fsp3) is 0.833. The summed E-state index contributed by atoms with van der Waals surface area (Å²) in [5.41, 5.74) is 0. The van der Waals surface area contributed by atoms with E-state index in [2.05, 4.69) is 74.6 Å². The van der Waals surface area contributed by atoms with Crippen molar-refractivity contribution in [3.8, 4) is 0 Å². The molecule has 2 fully saturated rings. The Bertz CT molecular complexity index is 1550. The van der Waals surface area contributed by atoms with Gasteiger partial charge in [-0.15, -0.1) is 0 Å². The third-order valence-electron chi connectivity index (χ3n) is 15.3. The van der Waals surface area contributed by atoms with Crippen molar-refractivity contribution in [3.63, 3.8) is 0 Å². The van der Waals surface area contributed by atoms with Crippen molar-refractivity contribution in [2.75, 3.05) is 33.0 Å². The number of carbonyl (C=O) groups is 1. The highest BCUT2D eigenvalue weighted by molar-refractivity contribution is 5.69. The Hall–Kier alpha value is -2.31. The maximum absolute atomic E-state index is 13.1. The molecule has 14 nitrogen and oxygen atoms in total. The number of aliphatic hydroxyl groups is 7. The van der Waals surface area contributed by atoms with Crippen LogP contribution < -0.4 is 0 Å². The van der Waals surface area contributed by atoms with E-state index in [1.807, 2.05) is 0 Å². The summed E-state index contributed by atoms with van der Waals surface area (Å²) in [6, 6.07) is 0. The van der Waals surface area contributed by atoms with Crippen LogP contribution in [0.15, 0.2) is 60.8 Å². The lowest BCUT2D eigenvalue weighted by atomic mass is 9.98. The van der Waals surface area contributed by atoms with Gasteiger partial charge in [0, 0.05) is 13.0 Å². The van der Waals surface area contributed by atoms with Gasteiger partial charge < -0.3 is 64.2 Å². The van der Waals surface area contributed by atoms with Gasteiger partial charge in [-0.25, -0.2) is 0 Å². The molecule has 0 radical (unpaired) electrons. The van der Waals surface area contributed by atoms with Gasteiger partial charge in [0.15, 0.2) is 12.6 Å². The number of unbranched alkanes of at least 4 members (excludes halogenated alkanes) is 29. The fourth-order valence-corrected chi connectivity index (χ4v) is 10.1. The third-order valence-corrected chi connectivity index (χ3v) is 15.3. The number of ether oxygens (including phenoxy) is 6. The van der Waals surface area contributed by atoms with Gasteiger partial charge in [0.1, 0.15) is 54.9 Å². The average Bonchev–Trinajstić information content (AvgIpc) is 3.52. The topological polar surface area (TPSA) is 214 Å². The van der Waals surface area contributed by atoms with Gasteiger partial charge in [-0.1, -0.05) is 248 Å². The van der Waals surface area contributed by atoms with Crippen molar-refractivity contribution in [3.05, 3.63) is 60.8 Å². The molecule has 0 aromatic carbocycles. The summed E-state index contributed by atoms with van der Waals surface area (Å²) in [4.78, 5) is 13.1. The van der Waals surface area contributed by atoms with Crippen molar-refractivity contribution in [2.45, 2.75) is 319 Å². The molecule has 2 rings (SSSR count). The highest BCUT2D eigenvalue weighted by Gasteiger charge is 2.47. The second-order valence-electron chi connectivity index (χ2n) is 22.6. The van der Waals surface area contributed by atoms with Crippen LogP contribution in [0.1, 0.15) is 251 Å². The molecule has 0 aliphatic carbocycles. The third kappa shape index (κ3) is 37.8. The summed E-state index contributed by atoms with van der Waals surface area (Å²) < 4.78 is 34.5. The minimum atomic E-state index is -1.71. The molecule has 0 aromatic heterocycles. The Balaban J connectivity index is 1.67. The number of hydrogen-bond acceptors (Lipinski definition) is 14. The molecule has 14 heteroatoms. The lowest BCUT2D eigenvalue weighted by Crippen LogP contribution is -2.61. The van der Waals surface area contributed by atoms with Gasteiger partial charge in [0.05, 0.1) is 26.4 Å². The van der Waals surface area contributed by atoms with E-state index < -0.39 is 80.7 Å². The summed E-state index contributed by atoms with van der Waals surface area (Å²) in [7, 11) is 0. The van der Waals surface area contributed by atoms with Crippen LogP contribution in [0.25, 0.3) is 0 Å². The summed E-state index contributed by atoms with van der Waals surface area (Å²) in [5.74, 6) is -0.374. The molecule has 0 bridgehead atoms. The molecule has 2 saturated heterocycles. The van der Waals surface area contributed by atoms with Crippen LogP contribution in [-0.4, -0.2) is 142 Å². The first-order chi connectivity index (χ1) is 39.1. The van der Waals surface area contributed by atoms with Gasteiger partial charge in [-0.2, -0.15) is 0 Å². The first-order valence-corrected chi connectivity index (χ1v) is 32.4. The van der Waals surface area contributed by atoms with Gasteiger partial charge in [-0.05, 0) is 57.8 Å². The van der Waals surface area contributed by atoms with Crippen LogP contribution in [0.3, 0.4) is 0 Å². The highest BCUT2D eigenvalue weighted by Crippen LogP contribution is 2.27. The predicted molar refractivity (Wildman–Crippen MR) is 321 cm³/mol. The monoisotopic (exact) mass is 1130 g/mol. The molecule has 7 N–H and O–H groups in total. The van der Waals surface area contributed by atoms with Gasteiger partial charge in [0.2, 0.25) is 0 Å². The van der Waals surface area contributed by atoms with Crippen molar-refractivity contribution in [1.82, 2.24) is 0 Å². The van der Waals surface area contributed by atoms with Crippen molar-refractivity contribution in [1.29, 1.82) is 0 Å². The molecule has 0 spiro atoms. The van der Waals surface area contributed by atoms with E-state index in [-0.39, 0.29) is 25.6 Å². The smallest absolute Gasteiger partial charge is 0.306 e. The molecule has 2 aliphatic rings. The molecule has 11 atom stereocenters. The summed E-state index contributed by atoms with van der Waals surface area (Å²) in [6.45, 7) is 3.61. The largest absolute Gasteiger partial charge is 0.457 e. The van der Waals surface area contributed by atoms with Crippen LogP contribution in [-0.2, 0) is 33.2 Å². The molecule has 0 aromatic rings. The number of hydrogen-bond donors (Lipinski definition) is 7. The van der Waals surface area contributed by atoms with E-state index in [1.165, 1.54) is 148 Å². The maximum Gasteiger partial charge on any atom is 0.306 e. The summed E-state index contributed by atoms with van der Waals surface area (Å²) in [6.07, 6.45) is 50.0. The second kappa shape index (κ2) is 52.3. The molecule has 2 heterocycles. The lowest BCUT2D eigenvalue weighted by molar-refractivity contribution is -0.332. The maximum atomic E-state index is 13.1. The molecule has 11 unspecified atom stereocenters. The van der Waals surface area contributed by atoms with E-state index in [0.29, 0.717) is 13.0 Å². The lowest BCUT2D eigenvalue weighted by Gasteiger charge is -2.42. The van der Waals surface area contributed by atoms with Crippen molar-refractivity contribution in [2.24, 2.45) is 0 Å². The second-order valence-corrected chi connectivity index (χ2v) is 22.6. The molecule has 0 saturated carbocycles. The van der Waals surface area contributed by atoms with E-state index in [0.717, 1.165) is 77.0 Å². The molecule has 0 amide bonds. The van der Waals surface area contributed by atoms with E-state index in [9.17, 15) is 40.5 Å². The molecule has 80 heavy (non-hydrogen) atoms. The standard InChI is InChI=1S/C66H118O14/c1-3-5-7-9-11-13-15-17-19-21-23-25-26-27-28-29-30-32-34-36-38-40-42-44-46-48-50-75-52-55(78-58(68)49-47-45-43-41-39-37-35-33-31-24-22-20-18-16-14-12-10-8-6-4-2)53-76-65-64(74)62(72)60(70)57(80-65)54-77-66-63(73)61(71)59(69)56(51-67)79-66/h5,7,11,13,17,19,23,25,27-28,55-57,59-67,69-74H,3-4,6,8-10,12,14-16,18,20-22,24,26,29-54H2,1-2H3/b7-5-,13-11-,19-17-,25-23-,28-27-. The van der Waals surface area contributed by atoms with Crippen LogP contribution >= 0.6 is 0 Å². The van der Waals surface area contributed by atoms with Crippen molar-refractivity contribution >= 4 is 5.97 Å². The number of allylic oxidation sites excluding steroid dienone is 10. The SMILES string of the molecule is CC/C=C\C/C=C\C/C=C\C/C=C\C/C=C\CCCCCCCCCCCCOCC(COC1OC(COC2OC(CO)C(O)C(O)C2O)C(O)C(O)C1O)OC(=O)CCCCCCCCCCCCCCCCCCCCCC. The van der Waals surface area contributed by atoms with Crippen LogP contribution in [0, 0.1) is 0 Å². The first kappa shape index (κ1) is 73.8. The zero-order chi connectivity index (χ0) is 57.9. The summed E-state index contributed by atoms with van der Waals surface area (Å²) >= 11 is 0. The molecular formula is C66H118O14. The Labute approximate surface area is 485 Å². The van der Waals surface area contributed by atoms with Crippen molar-refractivity contribution < 1.29 is 69.0 Å². The first-order valence-electron chi connectivity index (χ1n) is 32.4. The van der Waals surface area contributed by atoms with Crippen LogP contribution in [0.5, 0.6) is 0 Å². The fourth-order valence-electron chi connectivity index (χ4n) is 10.1. The average molecular weight is 1140 g/mol. The van der Waals surface area contributed by atoms with Crippen LogP contribution in [0.2, 0.25) is 0 Å². The summed E-state index contributed by atoms with van der Waals surface area (Å²) in [5, 5.41) is 72.5. The molecule has 2 aliphatic heterocycles. The molecular weight excluding hydrogens is 1020 g/mol. The minimum Gasteiger partial charge on any atom is -0.457 e. The Morgan fingerprint density at radius 1 is 0.425 bits per heavy atom. The van der Waals surface area contributed by atoms with Crippen LogP contribution in [0.4, 0.5) is 0 Å². The number of esters is 1. The minimum absolute atomic E-state index is 0.0592. The van der Waals surface area contributed by atoms with E-state index in [1.54, 1.807) is 0 Å². The highest BCUT2D eigenvalue weighted by atomic mass is 16.7. The quantitative estimate of drug-likeness (QED) is 0.0172. The Morgan fingerprint density at radius 2 is 0.812 bits per heavy atom. The Kier molecular flexibility index (Phi) is 48.2. The van der Waals surface area contributed by atoms with Gasteiger partial charge in [-0.3, -0.25) is 4.79 Å². The van der Waals surface area contributed by atoms with E-state index in [4.69, 9.17) is 28.4 Å². The number of rotatable bonds is 53. The van der Waals surface area contributed by atoms with E-state index >= 15 is 0 Å². The zero-order valence-electron chi connectivity index (χ0n) is 50.3. The molecule has 466 valence electrons. The number of carbonyl (C=O) groups excluding carboxylic acids is 1. The normalized spacial score (nSPS) is 24.2. The number of aliphatic hydroxyl groups excluding tert-OH is 7. The zero-order valence-corrected chi connectivity index (χ0v) is 50.3. The Morgan fingerprint density at radius 3 is 1.27 bits per heavy atom. The van der Waals surface area contributed by atoms with Gasteiger partial charge >= 0.3 is 5.97 Å². The van der Waals surface area contributed by atoms with Gasteiger partial charge in [0.25, 0.3) is 0 Å².